The summed E-state index contributed by atoms with van der Waals surface area (Å²) in [5, 5.41) is 13.8. The first kappa shape index (κ1) is 12.6. The minimum atomic E-state index is 0.0967. The van der Waals surface area contributed by atoms with E-state index in [0.717, 1.165) is 18.8 Å². The Morgan fingerprint density at radius 3 is 2.78 bits per heavy atom. The van der Waals surface area contributed by atoms with Gasteiger partial charge in [-0.2, -0.15) is 5.10 Å². The lowest BCUT2D eigenvalue weighted by Crippen LogP contribution is -2.24. The fourth-order valence-corrected chi connectivity index (χ4v) is 2.03. The van der Waals surface area contributed by atoms with Gasteiger partial charge in [0.25, 0.3) is 0 Å². The van der Waals surface area contributed by atoms with Gasteiger partial charge in [0.1, 0.15) is 5.75 Å². The van der Waals surface area contributed by atoms with E-state index >= 15 is 0 Å². The second-order valence-corrected chi connectivity index (χ2v) is 4.61. The number of anilines is 1. The highest BCUT2D eigenvalue weighted by atomic mass is 32.1. The van der Waals surface area contributed by atoms with Crippen LogP contribution < -0.4 is 16.1 Å². The molecule has 5 nitrogen and oxygen atoms in total. The Morgan fingerprint density at radius 1 is 1.44 bits per heavy atom. The summed E-state index contributed by atoms with van der Waals surface area (Å²) in [4.78, 5) is 2.26. The molecule has 1 aliphatic rings. The van der Waals surface area contributed by atoms with E-state index in [2.05, 4.69) is 27.6 Å². The van der Waals surface area contributed by atoms with E-state index in [1.54, 1.807) is 6.07 Å². The predicted octanol–water partition coefficient (Wildman–Crippen LogP) is 1.16. The average molecular weight is 264 g/mol. The fourth-order valence-electron chi connectivity index (χ4n) is 1.98. The maximum atomic E-state index is 9.91. The molecule has 0 saturated carbocycles. The SMILES string of the molecule is NC(=S)N/N=C\c1ccc(N2CCCC2)cc1O. The van der Waals surface area contributed by atoms with Crippen molar-refractivity contribution >= 4 is 29.2 Å². The first-order chi connectivity index (χ1) is 8.66. The Balaban J connectivity index is 2.09. The number of nitrogens with one attached hydrogen (secondary N) is 1. The van der Waals surface area contributed by atoms with Crippen LogP contribution in [-0.2, 0) is 0 Å². The number of hydrogen-bond donors (Lipinski definition) is 3. The number of phenols is 1. The summed E-state index contributed by atoms with van der Waals surface area (Å²) >= 11 is 4.62. The maximum absolute atomic E-state index is 9.91. The normalized spacial score (nSPS) is 15.2. The molecule has 0 aliphatic carbocycles. The fraction of sp³-hybridized carbons (Fsp3) is 0.333. The van der Waals surface area contributed by atoms with Crippen LogP contribution >= 0.6 is 12.2 Å². The third-order valence-electron chi connectivity index (χ3n) is 2.86. The van der Waals surface area contributed by atoms with Gasteiger partial charge in [0.15, 0.2) is 5.11 Å². The lowest BCUT2D eigenvalue weighted by Gasteiger charge is -2.17. The van der Waals surface area contributed by atoms with Gasteiger partial charge in [-0.1, -0.05) is 0 Å². The van der Waals surface area contributed by atoms with E-state index in [1.807, 2.05) is 12.1 Å². The molecule has 0 spiro atoms. The van der Waals surface area contributed by atoms with Crippen LogP contribution in [0.1, 0.15) is 18.4 Å². The second-order valence-electron chi connectivity index (χ2n) is 4.17. The molecule has 1 aliphatic heterocycles. The summed E-state index contributed by atoms with van der Waals surface area (Å²) in [6, 6.07) is 5.56. The third-order valence-corrected chi connectivity index (χ3v) is 2.95. The molecule has 0 amide bonds. The summed E-state index contributed by atoms with van der Waals surface area (Å²) in [7, 11) is 0. The van der Waals surface area contributed by atoms with Crippen molar-refractivity contribution in [2.45, 2.75) is 12.8 Å². The van der Waals surface area contributed by atoms with E-state index in [0.29, 0.717) is 5.56 Å². The highest BCUT2D eigenvalue weighted by Gasteiger charge is 2.13. The van der Waals surface area contributed by atoms with Gasteiger partial charge in [0, 0.05) is 30.4 Å². The zero-order valence-electron chi connectivity index (χ0n) is 9.97. The van der Waals surface area contributed by atoms with Gasteiger partial charge in [-0.05, 0) is 37.2 Å². The van der Waals surface area contributed by atoms with Crippen molar-refractivity contribution in [3.8, 4) is 5.75 Å². The second kappa shape index (κ2) is 5.68. The Morgan fingerprint density at radius 2 is 2.17 bits per heavy atom. The van der Waals surface area contributed by atoms with Crippen LogP contribution in [0.5, 0.6) is 5.75 Å². The number of thiocarbonyl (C=S) groups is 1. The van der Waals surface area contributed by atoms with Crippen molar-refractivity contribution in [1.82, 2.24) is 5.43 Å². The van der Waals surface area contributed by atoms with E-state index in [9.17, 15) is 5.11 Å². The zero-order chi connectivity index (χ0) is 13.0. The van der Waals surface area contributed by atoms with Crippen molar-refractivity contribution < 1.29 is 5.11 Å². The molecule has 18 heavy (non-hydrogen) atoms. The predicted molar refractivity (Wildman–Crippen MR) is 77.1 cm³/mol. The van der Waals surface area contributed by atoms with Crippen LogP contribution in [-0.4, -0.2) is 29.5 Å². The van der Waals surface area contributed by atoms with E-state index in [-0.39, 0.29) is 10.9 Å². The van der Waals surface area contributed by atoms with Crippen LogP contribution in [0.4, 0.5) is 5.69 Å². The molecule has 0 radical (unpaired) electrons. The summed E-state index contributed by atoms with van der Waals surface area (Å²) in [6.07, 6.45) is 3.91. The van der Waals surface area contributed by atoms with Crippen molar-refractivity contribution in [3.63, 3.8) is 0 Å². The summed E-state index contributed by atoms with van der Waals surface area (Å²) in [6.45, 7) is 2.10. The summed E-state index contributed by atoms with van der Waals surface area (Å²) < 4.78 is 0. The lowest BCUT2D eigenvalue weighted by atomic mass is 10.2. The molecule has 0 unspecified atom stereocenters. The van der Waals surface area contributed by atoms with E-state index < -0.39 is 0 Å². The molecular weight excluding hydrogens is 248 g/mol. The number of hydrazone groups is 1. The Kier molecular flexibility index (Phi) is 3.99. The van der Waals surface area contributed by atoms with Crippen molar-refractivity contribution in [2.75, 3.05) is 18.0 Å². The molecule has 96 valence electrons. The minimum Gasteiger partial charge on any atom is -0.507 e. The quantitative estimate of drug-likeness (QED) is 0.434. The summed E-state index contributed by atoms with van der Waals surface area (Å²) in [5.74, 6) is 0.202. The lowest BCUT2D eigenvalue weighted by molar-refractivity contribution is 0.474. The highest BCUT2D eigenvalue weighted by Crippen LogP contribution is 2.26. The standard InChI is InChI=1S/C12H16N4OS/c13-12(18)15-14-8-9-3-4-10(7-11(9)17)16-5-1-2-6-16/h3-4,7-8,17H,1-2,5-6H2,(H3,13,15,18)/b14-8-. The Labute approximate surface area is 111 Å². The monoisotopic (exact) mass is 264 g/mol. The average Bonchev–Trinajstić information content (AvgIpc) is 2.84. The van der Waals surface area contributed by atoms with Crippen LogP contribution in [0.3, 0.4) is 0 Å². The van der Waals surface area contributed by atoms with E-state index in [4.69, 9.17) is 5.73 Å². The van der Waals surface area contributed by atoms with Crippen LogP contribution in [0, 0.1) is 0 Å². The third kappa shape index (κ3) is 3.10. The Bertz CT molecular complexity index is 469. The smallest absolute Gasteiger partial charge is 0.184 e. The van der Waals surface area contributed by atoms with Crippen LogP contribution in [0.15, 0.2) is 23.3 Å². The van der Waals surface area contributed by atoms with Gasteiger partial charge in [0.2, 0.25) is 0 Å². The number of rotatable bonds is 3. The number of phenolic OH excluding ortho intramolecular Hbond substituents is 1. The molecule has 1 saturated heterocycles. The molecule has 4 N–H and O–H groups in total. The van der Waals surface area contributed by atoms with Gasteiger partial charge in [-0.15, -0.1) is 0 Å². The molecule has 1 heterocycles. The molecule has 1 aromatic rings. The zero-order valence-corrected chi connectivity index (χ0v) is 10.8. The number of benzene rings is 1. The largest absolute Gasteiger partial charge is 0.507 e. The van der Waals surface area contributed by atoms with Gasteiger partial charge in [-0.25, -0.2) is 0 Å². The minimum absolute atomic E-state index is 0.0967. The molecule has 0 bridgehead atoms. The van der Waals surface area contributed by atoms with Gasteiger partial charge in [0.05, 0.1) is 6.21 Å². The molecular formula is C12H16N4OS. The molecule has 1 fully saturated rings. The molecule has 0 aromatic heterocycles. The van der Waals surface area contributed by atoms with Gasteiger partial charge in [-0.3, -0.25) is 5.43 Å². The van der Waals surface area contributed by atoms with Crippen LogP contribution in [0.2, 0.25) is 0 Å². The number of nitrogens with zero attached hydrogens (tertiary/aromatic N) is 2. The topological polar surface area (TPSA) is 73.9 Å². The van der Waals surface area contributed by atoms with E-state index in [1.165, 1.54) is 19.1 Å². The molecule has 0 atom stereocenters. The molecule has 6 heteroatoms. The first-order valence-electron chi connectivity index (χ1n) is 5.83. The number of nitrogens with two attached hydrogens (primary N) is 1. The van der Waals surface area contributed by atoms with Crippen molar-refractivity contribution in [2.24, 2.45) is 10.8 Å². The van der Waals surface area contributed by atoms with Crippen molar-refractivity contribution in [3.05, 3.63) is 23.8 Å². The molecule has 1 aromatic carbocycles. The van der Waals surface area contributed by atoms with Crippen molar-refractivity contribution in [1.29, 1.82) is 0 Å². The first-order valence-corrected chi connectivity index (χ1v) is 6.24. The number of hydrogen-bond acceptors (Lipinski definition) is 4. The number of aromatic hydroxyl groups is 1. The van der Waals surface area contributed by atoms with Gasteiger partial charge < -0.3 is 15.7 Å². The summed E-state index contributed by atoms with van der Waals surface area (Å²) in [5.41, 5.74) is 9.36. The maximum Gasteiger partial charge on any atom is 0.184 e. The molecule has 2 rings (SSSR count). The highest BCUT2D eigenvalue weighted by molar-refractivity contribution is 7.80. The van der Waals surface area contributed by atoms with Gasteiger partial charge >= 0.3 is 0 Å². The Hall–Kier alpha value is -1.82. The van der Waals surface area contributed by atoms with Crippen LogP contribution in [0.25, 0.3) is 0 Å².